The van der Waals surface area contributed by atoms with Crippen molar-refractivity contribution < 1.29 is 33.1 Å². The molecule has 0 heterocycles. The molecule has 0 aliphatic heterocycles. The van der Waals surface area contributed by atoms with Crippen LogP contribution >= 0.6 is 7.82 Å². The minimum atomic E-state index is -4.69. The van der Waals surface area contributed by atoms with Gasteiger partial charge in [0.05, 0.1) is 6.61 Å². The van der Waals surface area contributed by atoms with Crippen molar-refractivity contribution in [1.82, 2.24) is 0 Å². The molecule has 0 amide bonds. The lowest BCUT2D eigenvalue weighted by Crippen LogP contribution is -2.32. The average Bonchev–Trinajstić information content (AvgIpc) is 3.53. The van der Waals surface area contributed by atoms with E-state index in [0.717, 1.165) is 30.4 Å². The summed E-state index contributed by atoms with van der Waals surface area (Å²) < 4.78 is 28.5. The van der Waals surface area contributed by atoms with E-state index in [1.165, 1.54) is 5.57 Å². The van der Waals surface area contributed by atoms with Crippen molar-refractivity contribution >= 4 is 13.8 Å². The largest absolute Gasteiger partial charge is 0.756 e. The summed E-state index contributed by atoms with van der Waals surface area (Å²) in [5.74, 6) is -0.354. The summed E-state index contributed by atoms with van der Waals surface area (Å²) in [6.45, 7) is 14.1. The van der Waals surface area contributed by atoms with Gasteiger partial charge in [-0.15, -0.1) is 0 Å². The molecule has 8 heteroatoms. The second kappa shape index (κ2) is 11.6. The van der Waals surface area contributed by atoms with Gasteiger partial charge >= 0.3 is 5.97 Å². The molecule has 1 saturated carbocycles. The maximum Gasteiger partial charge on any atom is 0.344 e. The van der Waals surface area contributed by atoms with Gasteiger partial charge in [-0.05, 0) is 81.9 Å². The maximum atomic E-state index is 13.3. The van der Waals surface area contributed by atoms with Gasteiger partial charge in [0.1, 0.15) is 11.5 Å². The molecular formula is C28H40O7P-. The molecule has 1 aromatic carbocycles. The van der Waals surface area contributed by atoms with Crippen LogP contribution in [-0.2, 0) is 24.8 Å². The van der Waals surface area contributed by atoms with Crippen LogP contribution in [0.2, 0.25) is 0 Å². The van der Waals surface area contributed by atoms with Gasteiger partial charge in [0.25, 0.3) is 7.82 Å². The molecule has 3 atom stereocenters. The van der Waals surface area contributed by atoms with Crippen molar-refractivity contribution in [2.45, 2.75) is 91.1 Å². The smallest absolute Gasteiger partial charge is 0.344 e. The fourth-order valence-corrected chi connectivity index (χ4v) is 5.77. The Kier molecular flexibility index (Phi) is 9.26. The predicted octanol–water partition coefficient (Wildman–Crippen LogP) is 6.35. The van der Waals surface area contributed by atoms with Gasteiger partial charge in [0, 0.05) is 11.5 Å². The number of allylic oxidation sites excluding steroid dienone is 3. The molecule has 200 valence electrons. The number of aryl methyl sites for hydroxylation is 1. The van der Waals surface area contributed by atoms with Crippen LogP contribution in [0.1, 0.15) is 90.2 Å². The topological polar surface area (TPSA) is 105 Å². The molecule has 1 fully saturated rings. The van der Waals surface area contributed by atoms with Gasteiger partial charge in [-0.3, -0.25) is 9.09 Å². The Morgan fingerprint density at radius 2 is 2.03 bits per heavy atom. The minimum absolute atomic E-state index is 0.00366. The number of phosphoric acid groups is 1. The monoisotopic (exact) mass is 519 g/mol. The fraction of sp³-hybridized carbons (Fsp3) is 0.607. The first-order valence-electron chi connectivity index (χ1n) is 12.9. The SMILES string of the molecule is C=C(C)[C@@H]1CCC(C)=C[C@H]1c1c(O)cc(CCC)cc1OC(=O)C1(OP(=O)([O-])OCCC(C)C)CC1. The van der Waals surface area contributed by atoms with E-state index in [2.05, 4.69) is 12.7 Å². The van der Waals surface area contributed by atoms with Gasteiger partial charge in [-0.2, -0.15) is 0 Å². The van der Waals surface area contributed by atoms with Crippen molar-refractivity contribution in [3.05, 3.63) is 47.1 Å². The highest BCUT2D eigenvalue weighted by atomic mass is 31.2. The van der Waals surface area contributed by atoms with E-state index in [9.17, 15) is 19.4 Å². The number of phenols is 1. The molecular weight excluding hydrogens is 479 g/mol. The number of carbonyl (C=O) groups is 1. The molecule has 0 bridgehead atoms. The molecule has 1 aromatic rings. The molecule has 2 aliphatic carbocycles. The predicted molar refractivity (Wildman–Crippen MR) is 138 cm³/mol. The van der Waals surface area contributed by atoms with Gasteiger partial charge in [-0.1, -0.05) is 51.0 Å². The Hall–Kier alpha value is -1.92. The molecule has 1 unspecified atom stereocenters. The second-order valence-corrected chi connectivity index (χ2v) is 12.1. The molecule has 1 N–H and O–H groups in total. The lowest BCUT2D eigenvalue weighted by Gasteiger charge is -2.32. The Balaban J connectivity index is 1.91. The summed E-state index contributed by atoms with van der Waals surface area (Å²) in [5.41, 5.74) is 1.95. The van der Waals surface area contributed by atoms with Crippen LogP contribution in [0.4, 0.5) is 0 Å². The van der Waals surface area contributed by atoms with Crippen molar-refractivity contribution in [1.29, 1.82) is 0 Å². The number of ether oxygens (including phenoxy) is 1. The van der Waals surface area contributed by atoms with Gasteiger partial charge in [0.2, 0.25) is 0 Å². The van der Waals surface area contributed by atoms with Gasteiger partial charge < -0.3 is 19.3 Å². The normalized spacial score (nSPS) is 22.6. The van der Waals surface area contributed by atoms with Crippen LogP contribution in [-0.4, -0.2) is 23.3 Å². The maximum absolute atomic E-state index is 13.3. The summed E-state index contributed by atoms with van der Waals surface area (Å²) in [7, 11) is -4.69. The molecule has 0 saturated heterocycles. The molecule has 0 aromatic heterocycles. The van der Waals surface area contributed by atoms with Crippen LogP contribution in [0.3, 0.4) is 0 Å². The Bertz CT molecular complexity index is 1050. The zero-order valence-electron chi connectivity index (χ0n) is 22.2. The highest BCUT2D eigenvalue weighted by molar-refractivity contribution is 7.46. The van der Waals surface area contributed by atoms with E-state index in [-0.39, 0.29) is 48.7 Å². The van der Waals surface area contributed by atoms with Crippen molar-refractivity contribution in [3.63, 3.8) is 0 Å². The lowest BCUT2D eigenvalue weighted by atomic mass is 9.73. The van der Waals surface area contributed by atoms with Crippen molar-refractivity contribution in [2.24, 2.45) is 11.8 Å². The van der Waals surface area contributed by atoms with E-state index in [0.29, 0.717) is 18.4 Å². The van der Waals surface area contributed by atoms with Crippen LogP contribution < -0.4 is 9.63 Å². The average molecular weight is 520 g/mol. The highest BCUT2D eigenvalue weighted by Gasteiger charge is 2.56. The van der Waals surface area contributed by atoms with E-state index in [1.54, 1.807) is 12.1 Å². The summed E-state index contributed by atoms with van der Waals surface area (Å²) in [6.07, 6.45) is 6.46. The number of esters is 1. The van der Waals surface area contributed by atoms with Crippen molar-refractivity contribution in [3.8, 4) is 11.5 Å². The van der Waals surface area contributed by atoms with E-state index >= 15 is 0 Å². The number of hydrogen-bond acceptors (Lipinski definition) is 7. The first kappa shape index (κ1) is 28.6. The molecule has 2 aliphatic rings. The number of phosphoric ester groups is 1. The summed E-state index contributed by atoms with van der Waals surface area (Å²) in [4.78, 5) is 25.7. The molecule has 7 nitrogen and oxygen atoms in total. The Morgan fingerprint density at radius 1 is 1.33 bits per heavy atom. The van der Waals surface area contributed by atoms with Crippen LogP contribution in [0, 0.1) is 11.8 Å². The number of hydrogen-bond donors (Lipinski definition) is 1. The first-order valence-corrected chi connectivity index (χ1v) is 14.4. The minimum Gasteiger partial charge on any atom is -0.756 e. The summed E-state index contributed by atoms with van der Waals surface area (Å²) in [5, 5.41) is 11.1. The van der Waals surface area contributed by atoms with E-state index in [4.69, 9.17) is 13.8 Å². The lowest BCUT2D eigenvalue weighted by molar-refractivity contribution is -0.232. The third-order valence-electron chi connectivity index (χ3n) is 6.94. The molecule has 0 spiro atoms. The second-order valence-electron chi connectivity index (χ2n) is 10.7. The van der Waals surface area contributed by atoms with E-state index < -0.39 is 19.4 Å². The zero-order chi connectivity index (χ0) is 26.7. The summed E-state index contributed by atoms with van der Waals surface area (Å²) >= 11 is 0. The quantitative estimate of drug-likeness (QED) is 0.149. The van der Waals surface area contributed by atoms with Gasteiger partial charge in [-0.25, -0.2) is 4.79 Å². The van der Waals surface area contributed by atoms with E-state index in [1.807, 2.05) is 34.6 Å². The summed E-state index contributed by atoms with van der Waals surface area (Å²) in [6, 6.07) is 3.50. The third kappa shape index (κ3) is 7.10. The number of aromatic hydroxyl groups is 1. The standard InChI is InChI=1S/C28H41O7P/c1-7-8-21-16-24(29)26(23-15-20(6)9-10-22(23)19(4)5)25(17-21)34-27(30)28(12-13-28)35-36(31,32)33-14-11-18(2)3/h15-18,22-23,29H,4,7-14H2,1-3,5-6H3,(H,31,32)/p-1/t22-,23+/m0/s1. The van der Waals surface area contributed by atoms with Crippen LogP contribution in [0.25, 0.3) is 0 Å². The highest BCUT2D eigenvalue weighted by Crippen LogP contribution is 2.54. The van der Waals surface area contributed by atoms with Crippen LogP contribution in [0.15, 0.2) is 35.9 Å². The number of carbonyl (C=O) groups excluding carboxylic acids is 1. The number of rotatable bonds is 12. The van der Waals surface area contributed by atoms with Gasteiger partial charge in [0.15, 0.2) is 5.60 Å². The first-order chi connectivity index (χ1) is 16.9. The number of benzene rings is 1. The fourth-order valence-electron chi connectivity index (χ4n) is 4.71. The molecule has 3 rings (SSSR count). The van der Waals surface area contributed by atoms with Crippen molar-refractivity contribution in [2.75, 3.05) is 6.61 Å². The third-order valence-corrected chi connectivity index (χ3v) is 8.01. The Labute approximate surface area is 215 Å². The Morgan fingerprint density at radius 3 is 2.61 bits per heavy atom. The zero-order valence-corrected chi connectivity index (χ0v) is 23.1. The molecule has 0 radical (unpaired) electrons. The number of phenolic OH excluding ortho intramolecular Hbond substituents is 1. The van der Waals surface area contributed by atoms with Crippen LogP contribution in [0.5, 0.6) is 11.5 Å². The molecule has 36 heavy (non-hydrogen) atoms.